The lowest BCUT2D eigenvalue weighted by atomic mass is 9.96. The van der Waals surface area contributed by atoms with Crippen molar-refractivity contribution in [3.05, 3.63) is 63.9 Å². The first-order valence-corrected chi connectivity index (χ1v) is 10.7. The van der Waals surface area contributed by atoms with Gasteiger partial charge in [-0.05, 0) is 30.3 Å². The predicted molar refractivity (Wildman–Crippen MR) is 110 cm³/mol. The molecule has 2 aromatic rings. The van der Waals surface area contributed by atoms with Crippen molar-refractivity contribution in [1.29, 1.82) is 0 Å². The highest BCUT2D eigenvalue weighted by molar-refractivity contribution is 8.00. The number of carbonyl (C=O) groups excluding carboxylic acids is 2. The average molecular weight is 474 g/mol. The first-order chi connectivity index (χ1) is 14.6. The van der Waals surface area contributed by atoms with Gasteiger partial charge in [0, 0.05) is 46.2 Å². The summed E-state index contributed by atoms with van der Waals surface area (Å²) in [5.41, 5.74) is 1.20. The van der Waals surface area contributed by atoms with Crippen LogP contribution < -0.4 is 10.6 Å². The number of benzene rings is 2. The standard InChI is InChI=1S/C20H16ClF4N3O2S/c21-13-5-4-10(22)8-12(13)17-16-11(18(29)27-17)2-1-3-14(16)26-19(30)28-6-7-31-15(9-28)20(23,24)25/h1-5,8,15,17H,6-7,9H2,(H,26,30)(H,27,29). The molecule has 11 heteroatoms. The number of hydrogen-bond acceptors (Lipinski definition) is 3. The quantitative estimate of drug-likeness (QED) is 0.615. The Hall–Kier alpha value is -2.46. The molecule has 0 saturated carbocycles. The highest BCUT2D eigenvalue weighted by Crippen LogP contribution is 2.39. The van der Waals surface area contributed by atoms with E-state index in [1.807, 2.05) is 0 Å². The Bertz CT molecular complexity index is 1050. The summed E-state index contributed by atoms with van der Waals surface area (Å²) >= 11 is 6.97. The number of fused-ring (bicyclic) bond motifs is 1. The van der Waals surface area contributed by atoms with E-state index in [4.69, 9.17) is 11.6 Å². The van der Waals surface area contributed by atoms with Gasteiger partial charge in [0.05, 0.1) is 6.04 Å². The summed E-state index contributed by atoms with van der Waals surface area (Å²) in [4.78, 5) is 26.3. The van der Waals surface area contributed by atoms with Crippen molar-refractivity contribution in [2.75, 3.05) is 24.2 Å². The second kappa shape index (κ2) is 8.23. The van der Waals surface area contributed by atoms with Crippen LogP contribution in [0.5, 0.6) is 0 Å². The predicted octanol–water partition coefficient (Wildman–Crippen LogP) is 4.82. The number of nitrogens with one attached hydrogen (secondary N) is 2. The molecule has 0 aliphatic carbocycles. The fourth-order valence-electron chi connectivity index (χ4n) is 3.66. The van der Waals surface area contributed by atoms with Gasteiger partial charge in [0.1, 0.15) is 11.1 Å². The highest BCUT2D eigenvalue weighted by Gasteiger charge is 2.44. The Labute approximate surface area is 184 Å². The van der Waals surface area contributed by atoms with E-state index >= 15 is 0 Å². The SMILES string of the molecule is O=C1NC(c2cc(F)ccc2Cl)c2c(NC(=O)N3CCSC(C(F)(F)F)C3)cccc21. The Morgan fingerprint density at radius 2 is 2.03 bits per heavy atom. The molecule has 164 valence electrons. The van der Waals surface area contributed by atoms with Crippen LogP contribution in [0, 0.1) is 5.82 Å². The third-order valence-electron chi connectivity index (χ3n) is 5.14. The van der Waals surface area contributed by atoms with Crippen LogP contribution in [-0.4, -0.2) is 47.1 Å². The molecule has 2 aliphatic rings. The van der Waals surface area contributed by atoms with Crippen LogP contribution in [0.3, 0.4) is 0 Å². The fraction of sp³-hybridized carbons (Fsp3) is 0.300. The Kier molecular flexibility index (Phi) is 5.78. The zero-order valence-corrected chi connectivity index (χ0v) is 17.4. The molecule has 0 spiro atoms. The average Bonchev–Trinajstić information content (AvgIpc) is 3.07. The normalized spacial score (nSPS) is 20.9. The zero-order valence-electron chi connectivity index (χ0n) is 15.8. The molecule has 2 atom stereocenters. The molecule has 2 unspecified atom stereocenters. The summed E-state index contributed by atoms with van der Waals surface area (Å²) in [6.45, 7) is -0.306. The van der Waals surface area contributed by atoms with Gasteiger partial charge in [-0.3, -0.25) is 4.79 Å². The van der Waals surface area contributed by atoms with Gasteiger partial charge in [-0.15, -0.1) is 11.8 Å². The van der Waals surface area contributed by atoms with Crippen molar-refractivity contribution < 1.29 is 27.2 Å². The van der Waals surface area contributed by atoms with Crippen LogP contribution in [0.1, 0.15) is 27.5 Å². The summed E-state index contributed by atoms with van der Waals surface area (Å²) in [6.07, 6.45) is -4.41. The number of thioether (sulfide) groups is 1. The van der Waals surface area contributed by atoms with Gasteiger partial charge in [-0.25, -0.2) is 9.18 Å². The number of amides is 3. The molecular weight excluding hydrogens is 458 g/mol. The highest BCUT2D eigenvalue weighted by atomic mass is 35.5. The number of anilines is 1. The number of rotatable bonds is 2. The minimum atomic E-state index is -4.41. The molecule has 2 N–H and O–H groups in total. The van der Waals surface area contributed by atoms with E-state index in [1.165, 1.54) is 24.3 Å². The van der Waals surface area contributed by atoms with Crippen molar-refractivity contribution >= 4 is 41.0 Å². The number of carbonyl (C=O) groups is 2. The molecule has 0 bridgehead atoms. The first-order valence-electron chi connectivity index (χ1n) is 9.28. The maximum Gasteiger partial charge on any atom is 0.402 e. The lowest BCUT2D eigenvalue weighted by Gasteiger charge is -2.33. The van der Waals surface area contributed by atoms with Gasteiger partial charge in [-0.2, -0.15) is 13.2 Å². The second-order valence-electron chi connectivity index (χ2n) is 7.12. The van der Waals surface area contributed by atoms with E-state index in [1.54, 1.807) is 12.1 Å². The van der Waals surface area contributed by atoms with Crippen molar-refractivity contribution in [3.8, 4) is 0 Å². The van der Waals surface area contributed by atoms with Gasteiger partial charge in [0.15, 0.2) is 0 Å². The Morgan fingerprint density at radius 1 is 1.26 bits per heavy atom. The monoisotopic (exact) mass is 473 g/mol. The van der Waals surface area contributed by atoms with Crippen LogP contribution in [-0.2, 0) is 0 Å². The summed E-state index contributed by atoms with van der Waals surface area (Å²) in [5, 5.41) is 3.90. The molecule has 2 aliphatic heterocycles. The molecule has 3 amide bonds. The van der Waals surface area contributed by atoms with Gasteiger partial charge >= 0.3 is 12.2 Å². The van der Waals surface area contributed by atoms with E-state index in [-0.39, 0.29) is 28.6 Å². The first kappa shape index (κ1) is 21.8. The van der Waals surface area contributed by atoms with E-state index in [9.17, 15) is 27.2 Å². The summed E-state index contributed by atoms with van der Waals surface area (Å²) < 4.78 is 53.0. The summed E-state index contributed by atoms with van der Waals surface area (Å²) in [6, 6.07) is 6.85. The molecule has 1 fully saturated rings. The summed E-state index contributed by atoms with van der Waals surface area (Å²) in [7, 11) is 0. The van der Waals surface area contributed by atoms with Crippen molar-refractivity contribution in [3.63, 3.8) is 0 Å². The third-order valence-corrected chi connectivity index (χ3v) is 6.73. The Morgan fingerprint density at radius 3 is 2.77 bits per heavy atom. The van der Waals surface area contributed by atoms with Gasteiger partial charge in [-0.1, -0.05) is 17.7 Å². The van der Waals surface area contributed by atoms with Gasteiger partial charge < -0.3 is 15.5 Å². The number of urea groups is 1. The van der Waals surface area contributed by atoms with Crippen LogP contribution in [0.25, 0.3) is 0 Å². The lowest BCUT2D eigenvalue weighted by molar-refractivity contribution is -0.131. The third kappa shape index (κ3) is 4.31. The maximum absolute atomic E-state index is 13.8. The Balaban J connectivity index is 1.63. The van der Waals surface area contributed by atoms with Crippen molar-refractivity contribution in [2.24, 2.45) is 0 Å². The van der Waals surface area contributed by atoms with Gasteiger partial charge in [0.25, 0.3) is 5.91 Å². The fourth-order valence-corrected chi connectivity index (χ4v) is 4.97. The van der Waals surface area contributed by atoms with Gasteiger partial charge in [0.2, 0.25) is 0 Å². The number of halogens is 5. The largest absolute Gasteiger partial charge is 0.402 e. The second-order valence-corrected chi connectivity index (χ2v) is 8.83. The smallest absolute Gasteiger partial charge is 0.341 e. The molecular formula is C20H16ClF4N3O2S. The van der Waals surface area contributed by atoms with E-state index < -0.39 is 41.8 Å². The number of hydrogen-bond donors (Lipinski definition) is 2. The van der Waals surface area contributed by atoms with E-state index in [0.717, 1.165) is 16.7 Å². The minimum absolute atomic E-state index is 0.159. The topological polar surface area (TPSA) is 61.4 Å². The maximum atomic E-state index is 13.8. The molecule has 1 saturated heterocycles. The van der Waals surface area contributed by atoms with Crippen molar-refractivity contribution in [2.45, 2.75) is 17.5 Å². The minimum Gasteiger partial charge on any atom is -0.341 e. The van der Waals surface area contributed by atoms with E-state index in [0.29, 0.717) is 11.1 Å². The molecule has 0 aromatic heterocycles. The molecule has 2 aromatic carbocycles. The van der Waals surface area contributed by atoms with E-state index in [2.05, 4.69) is 10.6 Å². The lowest BCUT2D eigenvalue weighted by Crippen LogP contribution is -2.48. The molecule has 4 rings (SSSR count). The summed E-state index contributed by atoms with van der Waals surface area (Å²) in [5.74, 6) is -0.818. The zero-order chi connectivity index (χ0) is 22.3. The number of nitrogens with zero attached hydrogens (tertiary/aromatic N) is 1. The number of alkyl halides is 3. The molecule has 0 radical (unpaired) electrons. The molecule has 5 nitrogen and oxygen atoms in total. The van der Waals surface area contributed by atoms with Crippen LogP contribution in [0.15, 0.2) is 36.4 Å². The van der Waals surface area contributed by atoms with Crippen LogP contribution >= 0.6 is 23.4 Å². The van der Waals surface area contributed by atoms with Crippen molar-refractivity contribution in [1.82, 2.24) is 10.2 Å². The molecule has 2 heterocycles. The molecule has 31 heavy (non-hydrogen) atoms. The van der Waals surface area contributed by atoms with Crippen LogP contribution in [0.4, 0.5) is 28.0 Å². The van der Waals surface area contributed by atoms with Crippen LogP contribution in [0.2, 0.25) is 5.02 Å².